The molecule has 0 unspecified atom stereocenters. The molecular formula is C32H40Cl2N2O3. The fraction of sp³-hybridized carbons (Fsp3) is 0.500. The lowest BCUT2D eigenvalue weighted by atomic mass is 9.57. The van der Waals surface area contributed by atoms with Crippen molar-refractivity contribution >= 4 is 35.1 Å². The monoisotopic (exact) mass is 570 g/mol. The van der Waals surface area contributed by atoms with Gasteiger partial charge in [-0.15, -0.1) is 6.58 Å². The van der Waals surface area contributed by atoms with Crippen molar-refractivity contribution in [3.8, 4) is 5.75 Å². The summed E-state index contributed by atoms with van der Waals surface area (Å²) in [5.41, 5.74) is 1.98. The van der Waals surface area contributed by atoms with Gasteiger partial charge in [-0.3, -0.25) is 14.5 Å². The highest BCUT2D eigenvalue weighted by Crippen LogP contribution is 2.50. The van der Waals surface area contributed by atoms with Crippen LogP contribution in [0.25, 0.3) is 0 Å². The van der Waals surface area contributed by atoms with E-state index in [1.165, 1.54) is 12.5 Å². The highest BCUT2D eigenvalue weighted by Gasteiger charge is 2.49. The highest BCUT2D eigenvalue weighted by atomic mass is 35.5. The Morgan fingerprint density at radius 2 is 1.97 bits per heavy atom. The van der Waals surface area contributed by atoms with Crippen molar-refractivity contribution < 1.29 is 14.3 Å². The third kappa shape index (κ3) is 7.06. The van der Waals surface area contributed by atoms with Gasteiger partial charge in [0.05, 0.1) is 16.5 Å². The molecule has 0 aromatic heterocycles. The molecule has 39 heavy (non-hydrogen) atoms. The molecule has 1 heterocycles. The van der Waals surface area contributed by atoms with E-state index < -0.39 is 0 Å². The smallest absolute Gasteiger partial charge is 0.308 e. The Balaban J connectivity index is 1.65. The average Bonchev–Trinajstić information content (AvgIpc) is 2.89. The molecule has 0 N–H and O–H groups in total. The molecule has 0 bridgehead atoms. The Morgan fingerprint density at radius 3 is 2.67 bits per heavy atom. The van der Waals surface area contributed by atoms with Crippen molar-refractivity contribution in [2.45, 2.75) is 64.3 Å². The summed E-state index contributed by atoms with van der Waals surface area (Å²) in [6.07, 6.45) is 6.16. The Labute approximate surface area is 243 Å². The number of carbonyl (C=O) groups excluding carboxylic acids is 2. The van der Waals surface area contributed by atoms with E-state index in [2.05, 4.69) is 36.3 Å². The van der Waals surface area contributed by atoms with Crippen molar-refractivity contribution in [3.05, 3.63) is 76.3 Å². The molecule has 1 amide bonds. The van der Waals surface area contributed by atoms with Gasteiger partial charge in [-0.1, -0.05) is 61.3 Å². The summed E-state index contributed by atoms with van der Waals surface area (Å²) >= 11 is 12.4. The van der Waals surface area contributed by atoms with Crippen LogP contribution in [0, 0.1) is 11.8 Å². The van der Waals surface area contributed by atoms with Gasteiger partial charge < -0.3 is 9.64 Å². The molecule has 210 valence electrons. The molecule has 2 fully saturated rings. The number of esters is 1. The van der Waals surface area contributed by atoms with Crippen LogP contribution in [0.1, 0.15) is 57.6 Å². The number of hydrogen-bond acceptors (Lipinski definition) is 4. The molecule has 0 spiro atoms. The molecule has 4 rings (SSSR count). The van der Waals surface area contributed by atoms with E-state index in [1.54, 1.807) is 12.1 Å². The fourth-order valence-corrected chi connectivity index (χ4v) is 6.93. The van der Waals surface area contributed by atoms with Crippen LogP contribution in [0.5, 0.6) is 5.75 Å². The molecule has 2 aromatic rings. The van der Waals surface area contributed by atoms with Gasteiger partial charge in [0.15, 0.2) is 0 Å². The number of nitrogens with zero attached hydrogens (tertiary/aromatic N) is 2. The van der Waals surface area contributed by atoms with E-state index in [9.17, 15) is 9.59 Å². The second kappa shape index (κ2) is 12.9. The second-order valence-electron chi connectivity index (χ2n) is 11.6. The average molecular weight is 572 g/mol. The summed E-state index contributed by atoms with van der Waals surface area (Å²) < 4.78 is 5.48. The first-order valence-corrected chi connectivity index (χ1v) is 14.7. The summed E-state index contributed by atoms with van der Waals surface area (Å²) in [5, 5.41) is 0.960. The van der Waals surface area contributed by atoms with E-state index in [1.807, 2.05) is 30.3 Å². The van der Waals surface area contributed by atoms with Gasteiger partial charge in [0.2, 0.25) is 5.91 Å². The van der Waals surface area contributed by atoms with Crippen molar-refractivity contribution in [1.29, 1.82) is 0 Å². The van der Waals surface area contributed by atoms with Crippen molar-refractivity contribution in [3.63, 3.8) is 0 Å². The zero-order valence-corrected chi connectivity index (χ0v) is 24.8. The Morgan fingerprint density at radius 1 is 1.18 bits per heavy atom. The summed E-state index contributed by atoms with van der Waals surface area (Å²) in [4.78, 5) is 30.1. The number of halogens is 2. The van der Waals surface area contributed by atoms with E-state index in [4.69, 9.17) is 27.9 Å². The standard InChI is InChI=1S/C32H40Cl2N2O3/c1-5-14-35-15-13-32(25-7-6-8-28(18-25)39-23(4)37)19-27(11-10-26(32)21-35)36(20-22(2)3)31(38)17-24-9-12-29(33)30(34)16-24/h5-9,12,16,18,22,26-27H,1,10-11,13-15,17,19-21H2,2-4H3/t26-,27+,32+/m1/s1. The summed E-state index contributed by atoms with van der Waals surface area (Å²) in [6, 6.07) is 13.6. The molecule has 1 saturated carbocycles. The van der Waals surface area contributed by atoms with Gasteiger partial charge in [-0.25, -0.2) is 0 Å². The lowest BCUT2D eigenvalue weighted by Crippen LogP contribution is -2.57. The summed E-state index contributed by atoms with van der Waals surface area (Å²) in [5.74, 6) is 1.18. The number of likely N-dealkylation sites (tertiary alicyclic amines) is 1. The lowest BCUT2D eigenvalue weighted by Gasteiger charge is -2.54. The van der Waals surface area contributed by atoms with Crippen LogP contribution < -0.4 is 4.74 Å². The minimum atomic E-state index is -0.320. The van der Waals surface area contributed by atoms with Gasteiger partial charge in [0.25, 0.3) is 0 Å². The number of hydrogen-bond donors (Lipinski definition) is 0. The van der Waals surface area contributed by atoms with E-state index >= 15 is 0 Å². The first-order valence-electron chi connectivity index (χ1n) is 14.0. The van der Waals surface area contributed by atoms with E-state index in [0.717, 1.165) is 50.9 Å². The number of benzene rings is 2. The minimum absolute atomic E-state index is 0.101. The minimum Gasteiger partial charge on any atom is -0.427 e. The van der Waals surface area contributed by atoms with E-state index in [-0.39, 0.29) is 23.3 Å². The highest BCUT2D eigenvalue weighted by molar-refractivity contribution is 6.42. The topological polar surface area (TPSA) is 49.9 Å². The van der Waals surface area contributed by atoms with Crippen LogP contribution >= 0.6 is 23.2 Å². The molecule has 1 saturated heterocycles. The maximum Gasteiger partial charge on any atom is 0.308 e. The number of ether oxygens (including phenoxy) is 1. The molecule has 2 aromatic carbocycles. The Hall–Kier alpha value is -2.34. The van der Waals surface area contributed by atoms with Crippen LogP contribution in [0.4, 0.5) is 0 Å². The van der Waals surface area contributed by atoms with Gasteiger partial charge in [0, 0.05) is 38.0 Å². The quantitative estimate of drug-likeness (QED) is 0.186. The lowest BCUT2D eigenvalue weighted by molar-refractivity contribution is -0.135. The molecule has 0 radical (unpaired) electrons. The maximum atomic E-state index is 13.8. The third-order valence-electron chi connectivity index (χ3n) is 8.30. The zero-order chi connectivity index (χ0) is 28.2. The molecule has 1 aliphatic heterocycles. The Bertz CT molecular complexity index is 1200. The SMILES string of the molecule is C=CCN1CC[C@@]2(c3cccc(OC(C)=O)c3)C[C@@H](N(CC(C)C)C(=O)Cc3ccc(Cl)c(Cl)c3)CC[C@@H]2C1. The number of amides is 1. The van der Waals surface area contributed by atoms with Crippen LogP contribution in [0.2, 0.25) is 10.0 Å². The number of piperidine rings is 1. The first-order chi connectivity index (χ1) is 18.6. The summed E-state index contributed by atoms with van der Waals surface area (Å²) in [6.45, 7) is 13.3. The molecule has 2 aliphatic rings. The van der Waals surface area contributed by atoms with Crippen molar-refractivity contribution in [2.75, 3.05) is 26.2 Å². The predicted octanol–water partition coefficient (Wildman–Crippen LogP) is 6.94. The van der Waals surface area contributed by atoms with Crippen LogP contribution in [0.3, 0.4) is 0 Å². The van der Waals surface area contributed by atoms with Crippen LogP contribution in [-0.4, -0.2) is 53.9 Å². The first kappa shape index (κ1) is 29.6. The van der Waals surface area contributed by atoms with Crippen LogP contribution in [0.15, 0.2) is 55.1 Å². The van der Waals surface area contributed by atoms with E-state index in [0.29, 0.717) is 40.6 Å². The largest absolute Gasteiger partial charge is 0.427 e. The third-order valence-corrected chi connectivity index (χ3v) is 9.04. The molecule has 5 nitrogen and oxygen atoms in total. The summed E-state index contributed by atoms with van der Waals surface area (Å²) in [7, 11) is 0. The number of fused-ring (bicyclic) bond motifs is 1. The number of rotatable bonds is 9. The fourth-order valence-electron chi connectivity index (χ4n) is 6.61. The van der Waals surface area contributed by atoms with Gasteiger partial charge in [-0.2, -0.15) is 0 Å². The molecule has 3 atom stereocenters. The van der Waals surface area contributed by atoms with Crippen molar-refractivity contribution in [1.82, 2.24) is 9.80 Å². The predicted molar refractivity (Wildman–Crippen MR) is 159 cm³/mol. The van der Waals surface area contributed by atoms with Crippen LogP contribution in [-0.2, 0) is 21.4 Å². The van der Waals surface area contributed by atoms with Crippen molar-refractivity contribution in [2.24, 2.45) is 11.8 Å². The number of carbonyl (C=O) groups is 2. The molecular weight excluding hydrogens is 531 g/mol. The van der Waals surface area contributed by atoms with Gasteiger partial charge in [-0.05, 0) is 79.5 Å². The maximum absolute atomic E-state index is 13.8. The van der Waals surface area contributed by atoms with Gasteiger partial charge >= 0.3 is 5.97 Å². The zero-order valence-electron chi connectivity index (χ0n) is 23.3. The molecule has 1 aliphatic carbocycles. The molecule has 7 heteroatoms. The normalized spacial score (nSPS) is 23.2. The second-order valence-corrected chi connectivity index (χ2v) is 12.4. The van der Waals surface area contributed by atoms with Gasteiger partial charge in [0.1, 0.15) is 5.75 Å². The Kier molecular flexibility index (Phi) is 9.79.